The molecule has 0 unspecified atom stereocenters. The van der Waals surface area contributed by atoms with Crippen LogP contribution in [0.3, 0.4) is 0 Å². The maximum Gasteiger partial charge on any atom is 0.118 e. The van der Waals surface area contributed by atoms with Gasteiger partial charge in [-0.1, -0.05) is 43.7 Å². The third-order valence-corrected chi connectivity index (χ3v) is 9.41. The van der Waals surface area contributed by atoms with Gasteiger partial charge >= 0.3 is 0 Å². The number of rotatable bonds is 2. The summed E-state index contributed by atoms with van der Waals surface area (Å²) in [6.07, 6.45) is 11.5. The zero-order chi connectivity index (χ0) is 21.1. The molecule has 0 spiro atoms. The van der Waals surface area contributed by atoms with E-state index in [1.165, 1.54) is 17.6 Å². The molecule has 0 radical (unpaired) electrons. The number of hydrogen-bond donors (Lipinski definition) is 2. The summed E-state index contributed by atoms with van der Waals surface area (Å²) in [4.78, 5) is 0. The third-order valence-electron chi connectivity index (χ3n) is 9.41. The van der Waals surface area contributed by atoms with Crippen LogP contribution in [0.2, 0.25) is 0 Å². The molecule has 3 saturated carbocycles. The van der Waals surface area contributed by atoms with E-state index in [0.717, 1.165) is 49.8 Å². The van der Waals surface area contributed by atoms with Gasteiger partial charge in [0.05, 0.1) is 19.3 Å². The Hall–Kier alpha value is -1.58. The molecule has 0 bridgehead atoms. The van der Waals surface area contributed by atoms with E-state index >= 15 is 0 Å². The van der Waals surface area contributed by atoms with E-state index in [1.807, 2.05) is 12.1 Å². The molecule has 3 fully saturated rings. The van der Waals surface area contributed by atoms with Crippen molar-refractivity contribution in [3.63, 3.8) is 0 Å². The molecule has 1 aromatic carbocycles. The maximum atomic E-state index is 11.4. The first-order valence-electron chi connectivity index (χ1n) is 11.8. The van der Waals surface area contributed by atoms with Gasteiger partial charge in [0.2, 0.25) is 0 Å². The summed E-state index contributed by atoms with van der Waals surface area (Å²) in [7, 11) is 1.69. The van der Waals surface area contributed by atoms with Crippen molar-refractivity contribution in [2.45, 2.75) is 71.0 Å². The Balaban J connectivity index is 1.44. The van der Waals surface area contributed by atoms with Gasteiger partial charge in [-0.15, -0.1) is 0 Å². The van der Waals surface area contributed by atoms with E-state index in [4.69, 9.17) is 4.74 Å². The minimum Gasteiger partial charge on any atom is -0.497 e. The van der Waals surface area contributed by atoms with Gasteiger partial charge in [-0.2, -0.15) is 0 Å². The number of aliphatic hydroxyl groups is 2. The first-order valence-corrected chi connectivity index (χ1v) is 11.8. The van der Waals surface area contributed by atoms with Crippen LogP contribution >= 0.6 is 0 Å². The van der Waals surface area contributed by atoms with E-state index in [0.29, 0.717) is 17.8 Å². The number of methoxy groups -OCH3 is 1. The summed E-state index contributed by atoms with van der Waals surface area (Å²) in [6.45, 7) is 4.79. The van der Waals surface area contributed by atoms with Crippen molar-refractivity contribution in [3.05, 3.63) is 47.1 Å². The molecule has 3 nitrogen and oxygen atoms in total. The minimum absolute atomic E-state index is 0.0185. The number of ether oxygens (including phenoxy) is 1. The Morgan fingerprint density at radius 1 is 1.00 bits per heavy atom. The van der Waals surface area contributed by atoms with Crippen LogP contribution in [0.5, 0.6) is 5.75 Å². The molecule has 0 saturated heterocycles. The van der Waals surface area contributed by atoms with Crippen LogP contribution in [0, 0.1) is 28.6 Å². The molecule has 0 aromatic heterocycles. The predicted molar refractivity (Wildman–Crippen MR) is 120 cm³/mol. The Kier molecular flexibility index (Phi) is 4.91. The molecule has 2 N–H and O–H groups in total. The van der Waals surface area contributed by atoms with Crippen molar-refractivity contribution in [1.29, 1.82) is 0 Å². The van der Waals surface area contributed by atoms with Crippen LogP contribution in [0.1, 0.15) is 64.4 Å². The van der Waals surface area contributed by atoms with Crippen molar-refractivity contribution >= 4 is 6.08 Å². The average molecular weight is 409 g/mol. The lowest BCUT2D eigenvalue weighted by Gasteiger charge is -2.57. The summed E-state index contributed by atoms with van der Waals surface area (Å²) < 4.78 is 5.28. The summed E-state index contributed by atoms with van der Waals surface area (Å²) in [5.74, 6) is 2.74. The van der Waals surface area contributed by atoms with Gasteiger partial charge in [-0.05, 0) is 91.4 Å². The smallest absolute Gasteiger partial charge is 0.118 e. The van der Waals surface area contributed by atoms with Gasteiger partial charge in [0, 0.05) is 5.41 Å². The van der Waals surface area contributed by atoms with Gasteiger partial charge in [0.15, 0.2) is 0 Å². The summed E-state index contributed by atoms with van der Waals surface area (Å²) in [5.41, 5.74) is 4.08. The molecular weight excluding hydrogens is 372 g/mol. The van der Waals surface area contributed by atoms with Crippen LogP contribution < -0.4 is 4.74 Å². The van der Waals surface area contributed by atoms with Crippen molar-refractivity contribution < 1.29 is 14.9 Å². The third kappa shape index (κ3) is 3.00. The Morgan fingerprint density at radius 3 is 2.50 bits per heavy atom. The molecular formula is C27H36O3. The predicted octanol–water partition coefficient (Wildman–Crippen LogP) is 5.37. The number of aliphatic hydroxyl groups excluding tert-OH is 2. The van der Waals surface area contributed by atoms with Crippen LogP contribution in [-0.4, -0.2) is 29.5 Å². The largest absolute Gasteiger partial charge is 0.497 e. The fraction of sp³-hybridized carbons (Fsp3) is 0.630. The van der Waals surface area contributed by atoms with E-state index in [2.05, 4.69) is 38.1 Å². The normalized spacial score (nSPS) is 44.1. The van der Waals surface area contributed by atoms with Gasteiger partial charge < -0.3 is 14.9 Å². The summed E-state index contributed by atoms with van der Waals surface area (Å²) in [5, 5.41) is 21.6. The number of fused-ring (bicyclic) bond motifs is 5. The van der Waals surface area contributed by atoms with Crippen LogP contribution in [-0.2, 0) is 0 Å². The fourth-order valence-corrected chi connectivity index (χ4v) is 7.55. The average Bonchev–Trinajstić information content (AvgIpc) is 3.00. The Bertz CT molecular complexity index is 869. The van der Waals surface area contributed by atoms with E-state index < -0.39 is 0 Å². The molecule has 0 heterocycles. The second-order valence-corrected chi connectivity index (χ2v) is 10.8. The van der Waals surface area contributed by atoms with Gasteiger partial charge in [-0.25, -0.2) is 0 Å². The quantitative estimate of drug-likeness (QED) is 0.647. The van der Waals surface area contributed by atoms with Gasteiger partial charge in [0.1, 0.15) is 5.75 Å². The molecule has 7 atom stereocenters. The molecule has 1 aromatic rings. The zero-order valence-electron chi connectivity index (χ0n) is 18.6. The van der Waals surface area contributed by atoms with Crippen molar-refractivity contribution in [3.8, 4) is 5.75 Å². The number of allylic oxidation sites excluding steroid dienone is 1. The molecule has 0 amide bonds. The highest BCUT2D eigenvalue weighted by Gasteiger charge is 2.59. The highest BCUT2D eigenvalue weighted by atomic mass is 16.5. The van der Waals surface area contributed by atoms with Crippen LogP contribution in [0.15, 0.2) is 41.5 Å². The van der Waals surface area contributed by atoms with Gasteiger partial charge in [-0.3, -0.25) is 0 Å². The lowest BCUT2D eigenvalue weighted by Crippen LogP contribution is -2.51. The van der Waals surface area contributed by atoms with Gasteiger partial charge in [0.25, 0.3) is 0 Å². The molecule has 162 valence electrons. The summed E-state index contributed by atoms with van der Waals surface area (Å²) in [6, 6.07) is 8.14. The molecule has 0 aliphatic heterocycles. The van der Waals surface area contributed by atoms with Crippen LogP contribution in [0.25, 0.3) is 6.08 Å². The van der Waals surface area contributed by atoms with Crippen LogP contribution in [0.4, 0.5) is 0 Å². The second kappa shape index (κ2) is 7.24. The lowest BCUT2D eigenvalue weighted by molar-refractivity contribution is -0.0685. The van der Waals surface area contributed by atoms with Crippen molar-refractivity contribution in [2.75, 3.05) is 7.11 Å². The minimum atomic E-state index is -0.350. The first-order chi connectivity index (χ1) is 14.3. The van der Waals surface area contributed by atoms with E-state index in [-0.39, 0.29) is 23.0 Å². The Morgan fingerprint density at radius 2 is 1.77 bits per heavy atom. The fourth-order valence-electron chi connectivity index (χ4n) is 7.55. The van der Waals surface area contributed by atoms with Crippen molar-refractivity contribution in [1.82, 2.24) is 0 Å². The second-order valence-electron chi connectivity index (χ2n) is 10.8. The Labute approximate surface area is 180 Å². The highest BCUT2D eigenvalue weighted by Crippen LogP contribution is 2.65. The lowest BCUT2D eigenvalue weighted by atomic mass is 9.48. The molecule has 4 aliphatic carbocycles. The molecule has 4 aliphatic rings. The molecule has 3 heteroatoms. The number of benzene rings is 1. The van der Waals surface area contributed by atoms with E-state index in [1.54, 1.807) is 7.11 Å². The monoisotopic (exact) mass is 408 g/mol. The number of hydrogen-bond acceptors (Lipinski definition) is 3. The maximum absolute atomic E-state index is 11.4. The summed E-state index contributed by atoms with van der Waals surface area (Å²) >= 11 is 0. The topological polar surface area (TPSA) is 49.7 Å². The first kappa shape index (κ1) is 20.3. The van der Waals surface area contributed by atoms with Crippen molar-refractivity contribution in [2.24, 2.45) is 28.6 Å². The highest BCUT2D eigenvalue weighted by molar-refractivity contribution is 5.56. The SMILES string of the molecule is COc1ccc(/C=C2\C[C@H]3[C@@H]4CC=C5C[C@@H](O)CC[C@]5(C)[C@H]4CC[C@]3(C)[C@H]2O)cc1. The molecule has 30 heavy (non-hydrogen) atoms. The van der Waals surface area contributed by atoms with E-state index in [9.17, 15) is 10.2 Å². The zero-order valence-corrected chi connectivity index (χ0v) is 18.6. The standard InChI is InChI=1S/C27H36O3/c1-26-12-10-20(28)16-19(26)6-9-22-23(26)11-13-27(2)24(22)15-18(25(27)29)14-17-4-7-21(30-3)8-5-17/h4-8,14,20,22-25,28-29H,9-13,15-16H2,1-3H3/b18-14+/t20-,22+,23-,24-,25-,26-,27-/m0/s1. The molecule has 5 rings (SSSR count).